The summed E-state index contributed by atoms with van der Waals surface area (Å²) in [4.78, 5) is 25.0. The number of halogens is 1. The number of carbonyl (C=O) groups excluding carboxylic acids is 2. The molecule has 8 nitrogen and oxygen atoms in total. The van der Waals surface area contributed by atoms with Crippen molar-refractivity contribution in [3.05, 3.63) is 77.6 Å². The third-order valence-corrected chi connectivity index (χ3v) is 5.92. The first kappa shape index (κ1) is 24.3. The van der Waals surface area contributed by atoms with Crippen LogP contribution in [0.2, 0.25) is 5.02 Å². The summed E-state index contributed by atoms with van der Waals surface area (Å²) in [7, 11) is 1.57. The Morgan fingerprint density at radius 3 is 2.61 bits per heavy atom. The minimum Gasteiger partial charge on any atom is -0.497 e. The van der Waals surface area contributed by atoms with Gasteiger partial charge in [0.2, 0.25) is 5.91 Å². The Morgan fingerprint density at radius 1 is 1.21 bits per heavy atom. The van der Waals surface area contributed by atoms with Gasteiger partial charge in [0.15, 0.2) is 11.0 Å². The van der Waals surface area contributed by atoms with Gasteiger partial charge >= 0.3 is 0 Å². The molecule has 1 heterocycles. The highest BCUT2D eigenvalue weighted by atomic mass is 35.5. The fourth-order valence-corrected chi connectivity index (χ4v) is 3.93. The van der Waals surface area contributed by atoms with E-state index in [1.807, 2.05) is 11.5 Å². The molecule has 0 spiro atoms. The van der Waals surface area contributed by atoms with Crippen molar-refractivity contribution in [2.75, 3.05) is 18.2 Å². The first-order chi connectivity index (χ1) is 15.9. The molecule has 0 aliphatic carbocycles. The molecule has 2 N–H and O–H groups in total. The van der Waals surface area contributed by atoms with Crippen molar-refractivity contribution in [1.82, 2.24) is 20.1 Å². The molecule has 3 rings (SSSR count). The van der Waals surface area contributed by atoms with Gasteiger partial charge in [-0.1, -0.05) is 41.6 Å². The van der Waals surface area contributed by atoms with Crippen molar-refractivity contribution < 1.29 is 14.3 Å². The molecular weight excluding hydrogens is 462 g/mol. The van der Waals surface area contributed by atoms with Crippen LogP contribution in [-0.4, -0.2) is 39.4 Å². The Morgan fingerprint density at radius 2 is 1.94 bits per heavy atom. The fraction of sp³-hybridized carbons (Fsp3) is 0.217. The zero-order valence-electron chi connectivity index (χ0n) is 18.2. The number of hydrogen-bond acceptors (Lipinski definition) is 6. The number of methoxy groups -OCH3 is 1. The van der Waals surface area contributed by atoms with Crippen LogP contribution in [0.4, 0.5) is 5.69 Å². The van der Waals surface area contributed by atoms with Gasteiger partial charge in [0.05, 0.1) is 29.6 Å². The molecule has 10 heteroatoms. The number of carbonyl (C=O) groups is 2. The van der Waals surface area contributed by atoms with Gasteiger partial charge in [0.25, 0.3) is 5.91 Å². The summed E-state index contributed by atoms with van der Waals surface area (Å²) in [5, 5.41) is 15.2. The van der Waals surface area contributed by atoms with Gasteiger partial charge < -0.3 is 19.9 Å². The number of allylic oxidation sites excluding steroid dienone is 1. The van der Waals surface area contributed by atoms with Crippen LogP contribution >= 0.6 is 23.4 Å². The number of amides is 2. The van der Waals surface area contributed by atoms with Gasteiger partial charge in [0, 0.05) is 12.1 Å². The Labute approximate surface area is 201 Å². The monoisotopic (exact) mass is 485 g/mol. The molecule has 0 saturated heterocycles. The predicted molar refractivity (Wildman–Crippen MR) is 130 cm³/mol. The molecule has 0 radical (unpaired) electrons. The van der Waals surface area contributed by atoms with Gasteiger partial charge in [-0.25, -0.2) is 0 Å². The summed E-state index contributed by atoms with van der Waals surface area (Å²) >= 11 is 7.33. The summed E-state index contributed by atoms with van der Waals surface area (Å²) in [6.45, 7) is 6.04. The van der Waals surface area contributed by atoms with Crippen molar-refractivity contribution in [3.8, 4) is 5.75 Å². The maximum atomic E-state index is 12.6. The SMILES string of the molecule is C=CCn1c(SCC(=O)Nc2ccccc2Cl)nnc1C(C)NC(=O)c1ccc(OC)cc1. The Kier molecular flexibility index (Phi) is 8.51. The molecule has 0 bridgehead atoms. The molecule has 1 unspecified atom stereocenters. The molecule has 1 atom stereocenters. The van der Waals surface area contributed by atoms with E-state index >= 15 is 0 Å². The van der Waals surface area contributed by atoms with E-state index in [1.165, 1.54) is 11.8 Å². The van der Waals surface area contributed by atoms with Crippen molar-refractivity contribution in [1.29, 1.82) is 0 Å². The quantitative estimate of drug-likeness (QED) is 0.327. The zero-order chi connectivity index (χ0) is 23.8. The molecule has 2 aromatic carbocycles. The van der Waals surface area contributed by atoms with Gasteiger partial charge in [0.1, 0.15) is 5.75 Å². The number of hydrogen-bond donors (Lipinski definition) is 2. The lowest BCUT2D eigenvalue weighted by molar-refractivity contribution is -0.113. The number of ether oxygens (including phenoxy) is 1. The molecule has 0 saturated carbocycles. The predicted octanol–water partition coefficient (Wildman–Crippen LogP) is 4.35. The number of thioether (sulfide) groups is 1. The van der Waals surface area contributed by atoms with E-state index < -0.39 is 6.04 Å². The minimum absolute atomic E-state index is 0.118. The maximum absolute atomic E-state index is 12.6. The van der Waals surface area contributed by atoms with Crippen molar-refractivity contribution in [2.45, 2.75) is 24.7 Å². The van der Waals surface area contributed by atoms with Crippen molar-refractivity contribution in [3.63, 3.8) is 0 Å². The summed E-state index contributed by atoms with van der Waals surface area (Å²) in [5.41, 5.74) is 1.05. The van der Waals surface area contributed by atoms with Crippen LogP contribution in [0.5, 0.6) is 5.75 Å². The van der Waals surface area contributed by atoms with E-state index in [9.17, 15) is 9.59 Å². The molecule has 33 heavy (non-hydrogen) atoms. The third-order valence-electron chi connectivity index (χ3n) is 4.62. The van der Waals surface area contributed by atoms with Crippen LogP contribution in [0.15, 0.2) is 66.3 Å². The van der Waals surface area contributed by atoms with E-state index in [0.29, 0.717) is 39.5 Å². The van der Waals surface area contributed by atoms with Gasteiger partial charge in [-0.15, -0.1) is 16.8 Å². The Balaban J connectivity index is 1.66. The topological polar surface area (TPSA) is 98.1 Å². The molecular formula is C23H24ClN5O3S. The fourth-order valence-electron chi connectivity index (χ4n) is 2.99. The highest BCUT2D eigenvalue weighted by Gasteiger charge is 2.20. The smallest absolute Gasteiger partial charge is 0.251 e. The van der Waals surface area contributed by atoms with Crippen molar-refractivity contribution >= 4 is 40.9 Å². The second-order valence-electron chi connectivity index (χ2n) is 6.98. The molecule has 0 aliphatic rings. The van der Waals surface area contributed by atoms with E-state index in [4.69, 9.17) is 16.3 Å². The van der Waals surface area contributed by atoms with Gasteiger partial charge in [-0.05, 0) is 43.3 Å². The number of aromatic nitrogens is 3. The highest BCUT2D eigenvalue weighted by Crippen LogP contribution is 2.23. The lowest BCUT2D eigenvalue weighted by Gasteiger charge is -2.15. The van der Waals surface area contributed by atoms with Crippen LogP contribution in [0.25, 0.3) is 0 Å². The first-order valence-electron chi connectivity index (χ1n) is 10.1. The normalized spacial score (nSPS) is 11.5. The van der Waals surface area contributed by atoms with Gasteiger partial charge in [-0.2, -0.15) is 0 Å². The molecule has 172 valence electrons. The first-order valence-corrected chi connectivity index (χ1v) is 11.5. The molecule has 0 aliphatic heterocycles. The average Bonchev–Trinajstić information content (AvgIpc) is 3.22. The van der Waals surface area contributed by atoms with Crippen LogP contribution in [0.1, 0.15) is 29.1 Å². The van der Waals surface area contributed by atoms with E-state index in [0.717, 1.165) is 0 Å². The summed E-state index contributed by atoms with van der Waals surface area (Å²) in [5.74, 6) is 0.888. The summed E-state index contributed by atoms with van der Waals surface area (Å²) in [6, 6.07) is 13.4. The standard InChI is InChI=1S/C23H24ClN5O3S/c1-4-13-29-21(15(2)25-22(31)16-9-11-17(32-3)12-10-16)27-28-23(29)33-14-20(30)26-19-8-6-5-7-18(19)24/h4-12,15H,1,13-14H2,2-3H3,(H,25,31)(H,26,30). The number of rotatable bonds is 10. The Hall–Kier alpha value is -3.30. The number of para-hydroxylation sites is 1. The second-order valence-corrected chi connectivity index (χ2v) is 8.33. The molecule has 3 aromatic rings. The van der Waals surface area contributed by atoms with E-state index in [-0.39, 0.29) is 17.6 Å². The van der Waals surface area contributed by atoms with Crippen LogP contribution < -0.4 is 15.4 Å². The summed E-state index contributed by atoms with van der Waals surface area (Å²) < 4.78 is 6.94. The van der Waals surface area contributed by atoms with Crippen molar-refractivity contribution in [2.24, 2.45) is 0 Å². The van der Waals surface area contributed by atoms with Crippen LogP contribution in [0.3, 0.4) is 0 Å². The molecule has 0 fully saturated rings. The highest BCUT2D eigenvalue weighted by molar-refractivity contribution is 7.99. The summed E-state index contributed by atoms with van der Waals surface area (Å²) in [6.07, 6.45) is 1.71. The maximum Gasteiger partial charge on any atom is 0.251 e. The number of anilines is 1. The number of benzene rings is 2. The van der Waals surface area contributed by atoms with E-state index in [2.05, 4.69) is 27.4 Å². The zero-order valence-corrected chi connectivity index (χ0v) is 19.8. The molecule has 1 aromatic heterocycles. The number of nitrogens with one attached hydrogen (secondary N) is 2. The third kappa shape index (κ3) is 6.36. The van der Waals surface area contributed by atoms with Crippen LogP contribution in [0, 0.1) is 0 Å². The molecule has 2 amide bonds. The minimum atomic E-state index is -0.418. The number of nitrogens with zero attached hydrogens (tertiary/aromatic N) is 3. The largest absolute Gasteiger partial charge is 0.497 e. The van der Waals surface area contributed by atoms with E-state index in [1.54, 1.807) is 61.7 Å². The lowest BCUT2D eigenvalue weighted by Crippen LogP contribution is -2.28. The van der Waals surface area contributed by atoms with Crippen LogP contribution in [-0.2, 0) is 11.3 Å². The second kappa shape index (κ2) is 11.5. The Bertz CT molecular complexity index is 1130. The average molecular weight is 486 g/mol. The van der Waals surface area contributed by atoms with Gasteiger partial charge in [-0.3, -0.25) is 9.59 Å². The lowest BCUT2D eigenvalue weighted by atomic mass is 10.2.